The van der Waals surface area contributed by atoms with Crippen molar-refractivity contribution in [3.05, 3.63) is 95.6 Å². The van der Waals surface area contributed by atoms with Crippen molar-refractivity contribution in [3.8, 4) is 11.5 Å². The smallest absolute Gasteiger partial charge is 0.253 e. The fourth-order valence-corrected chi connectivity index (χ4v) is 3.76. The van der Waals surface area contributed by atoms with E-state index >= 15 is 0 Å². The van der Waals surface area contributed by atoms with E-state index in [0.29, 0.717) is 42.0 Å². The molecule has 0 bridgehead atoms. The van der Waals surface area contributed by atoms with Crippen LogP contribution in [0.25, 0.3) is 0 Å². The van der Waals surface area contributed by atoms with Crippen molar-refractivity contribution in [2.24, 2.45) is 0 Å². The zero-order valence-corrected chi connectivity index (χ0v) is 18.0. The fraction of sp³-hybridized carbons (Fsp3) is 0.231. The highest BCUT2D eigenvalue weighted by atomic mass is 16.7. The number of hydrogen-bond acceptors (Lipinski definition) is 4. The molecule has 1 aliphatic heterocycles. The Morgan fingerprint density at radius 2 is 1.59 bits per heavy atom. The second-order valence-corrected chi connectivity index (χ2v) is 7.74. The number of carbonyl (C=O) groups is 2. The molecule has 3 aromatic rings. The van der Waals surface area contributed by atoms with E-state index in [1.54, 1.807) is 23.1 Å². The lowest BCUT2D eigenvalue weighted by Crippen LogP contribution is -2.41. The number of likely N-dealkylation sites (N-methyl/N-ethyl adjacent to an activating group) is 1. The average molecular weight is 431 g/mol. The van der Waals surface area contributed by atoms with Crippen LogP contribution in [-0.2, 0) is 6.42 Å². The molecule has 1 heterocycles. The minimum atomic E-state index is -0.182. The van der Waals surface area contributed by atoms with Crippen LogP contribution in [0.4, 0.5) is 0 Å². The standard InChI is InChI=1S/C26H26N2O4/c1-28(26(30)20-10-6-3-7-11-20)22(16-19-8-4-2-5-9-19)14-15-27-25(29)21-12-13-23-24(17-21)32-18-31-23/h2-13,17,22H,14-16,18H2,1H3,(H,27,29)/t22-/m1/s1. The largest absolute Gasteiger partial charge is 0.454 e. The summed E-state index contributed by atoms with van der Waals surface area (Å²) in [4.78, 5) is 27.4. The van der Waals surface area contributed by atoms with E-state index in [1.807, 2.05) is 55.6 Å². The molecule has 6 heteroatoms. The van der Waals surface area contributed by atoms with Gasteiger partial charge >= 0.3 is 0 Å². The molecular formula is C26H26N2O4. The summed E-state index contributed by atoms with van der Waals surface area (Å²) < 4.78 is 10.6. The molecule has 4 rings (SSSR count). The maximum absolute atomic E-state index is 13.0. The van der Waals surface area contributed by atoms with E-state index in [0.717, 1.165) is 5.56 Å². The number of nitrogens with zero attached hydrogens (tertiary/aromatic N) is 1. The predicted octanol–water partition coefficient (Wildman–Crippen LogP) is 3.92. The van der Waals surface area contributed by atoms with Crippen LogP contribution >= 0.6 is 0 Å². The molecule has 3 aromatic carbocycles. The first-order valence-electron chi connectivity index (χ1n) is 10.7. The number of rotatable bonds is 8. The Balaban J connectivity index is 1.41. The summed E-state index contributed by atoms with van der Waals surface area (Å²) in [6.07, 6.45) is 1.33. The Morgan fingerprint density at radius 3 is 2.34 bits per heavy atom. The second-order valence-electron chi connectivity index (χ2n) is 7.74. The lowest BCUT2D eigenvalue weighted by Gasteiger charge is -2.29. The summed E-state index contributed by atoms with van der Waals surface area (Å²) >= 11 is 0. The van der Waals surface area contributed by atoms with Crippen molar-refractivity contribution in [1.82, 2.24) is 10.2 Å². The van der Waals surface area contributed by atoms with Gasteiger partial charge in [0.15, 0.2) is 11.5 Å². The van der Waals surface area contributed by atoms with Gasteiger partial charge in [0, 0.05) is 30.8 Å². The number of benzene rings is 3. The van der Waals surface area contributed by atoms with E-state index in [1.165, 1.54) is 0 Å². The van der Waals surface area contributed by atoms with Crippen molar-refractivity contribution >= 4 is 11.8 Å². The fourth-order valence-electron chi connectivity index (χ4n) is 3.76. The summed E-state index contributed by atoms with van der Waals surface area (Å²) in [6, 6.07) is 24.4. The molecule has 0 radical (unpaired) electrons. The van der Waals surface area contributed by atoms with Gasteiger partial charge in [0.25, 0.3) is 11.8 Å². The third kappa shape index (κ3) is 5.09. The van der Waals surface area contributed by atoms with Crippen molar-refractivity contribution in [3.63, 3.8) is 0 Å². The zero-order valence-electron chi connectivity index (χ0n) is 18.0. The number of hydrogen-bond donors (Lipinski definition) is 1. The van der Waals surface area contributed by atoms with E-state index in [2.05, 4.69) is 17.4 Å². The normalized spacial score (nSPS) is 12.8. The first-order chi connectivity index (χ1) is 15.6. The van der Waals surface area contributed by atoms with Crippen molar-refractivity contribution in [2.45, 2.75) is 18.9 Å². The SMILES string of the molecule is CN(C(=O)c1ccccc1)[C@H](CCNC(=O)c1ccc2c(c1)OCO2)Cc1ccccc1. The average Bonchev–Trinajstić information content (AvgIpc) is 3.31. The van der Waals surface area contributed by atoms with Crippen LogP contribution < -0.4 is 14.8 Å². The first-order valence-corrected chi connectivity index (χ1v) is 10.7. The molecule has 2 amide bonds. The molecule has 0 unspecified atom stereocenters. The van der Waals surface area contributed by atoms with Crippen LogP contribution in [0.3, 0.4) is 0 Å². The third-order valence-electron chi connectivity index (χ3n) is 5.60. The Bertz CT molecular complexity index is 1070. The quantitative estimate of drug-likeness (QED) is 0.588. The molecule has 1 aliphatic rings. The van der Waals surface area contributed by atoms with Gasteiger partial charge in [-0.25, -0.2) is 0 Å². The van der Waals surface area contributed by atoms with Gasteiger partial charge < -0.3 is 19.7 Å². The van der Waals surface area contributed by atoms with Gasteiger partial charge in [0.1, 0.15) is 0 Å². The van der Waals surface area contributed by atoms with Crippen molar-refractivity contribution in [1.29, 1.82) is 0 Å². The highest BCUT2D eigenvalue weighted by molar-refractivity contribution is 5.95. The topological polar surface area (TPSA) is 67.9 Å². The lowest BCUT2D eigenvalue weighted by atomic mass is 10.0. The Hall–Kier alpha value is -3.80. The minimum Gasteiger partial charge on any atom is -0.454 e. The molecule has 32 heavy (non-hydrogen) atoms. The van der Waals surface area contributed by atoms with Gasteiger partial charge in [-0.1, -0.05) is 48.5 Å². The van der Waals surface area contributed by atoms with E-state index in [-0.39, 0.29) is 24.6 Å². The van der Waals surface area contributed by atoms with Crippen LogP contribution in [0, 0.1) is 0 Å². The van der Waals surface area contributed by atoms with Gasteiger partial charge in [-0.3, -0.25) is 9.59 Å². The van der Waals surface area contributed by atoms with Crippen LogP contribution in [-0.4, -0.2) is 43.1 Å². The molecule has 1 atom stereocenters. The highest BCUT2D eigenvalue weighted by Gasteiger charge is 2.22. The number of ether oxygens (including phenoxy) is 2. The molecule has 164 valence electrons. The predicted molar refractivity (Wildman–Crippen MR) is 122 cm³/mol. The molecule has 0 fully saturated rings. The monoisotopic (exact) mass is 430 g/mol. The minimum absolute atomic E-state index is 0.0337. The van der Waals surface area contributed by atoms with Crippen LogP contribution in [0.15, 0.2) is 78.9 Å². The summed E-state index contributed by atoms with van der Waals surface area (Å²) in [6.45, 7) is 0.612. The molecule has 0 aromatic heterocycles. The Labute approximate surface area is 187 Å². The van der Waals surface area contributed by atoms with Gasteiger partial charge in [0.05, 0.1) is 0 Å². The summed E-state index contributed by atoms with van der Waals surface area (Å²) in [7, 11) is 1.82. The second kappa shape index (κ2) is 10.0. The molecule has 6 nitrogen and oxygen atoms in total. The number of nitrogens with one attached hydrogen (secondary N) is 1. The molecule has 0 spiro atoms. The van der Waals surface area contributed by atoms with E-state index < -0.39 is 0 Å². The highest BCUT2D eigenvalue weighted by Crippen LogP contribution is 2.32. The van der Waals surface area contributed by atoms with Gasteiger partial charge in [0.2, 0.25) is 6.79 Å². The van der Waals surface area contributed by atoms with Crippen LogP contribution in [0.1, 0.15) is 32.7 Å². The van der Waals surface area contributed by atoms with Crippen molar-refractivity contribution in [2.75, 3.05) is 20.4 Å². The van der Waals surface area contributed by atoms with E-state index in [4.69, 9.17) is 9.47 Å². The molecular weight excluding hydrogens is 404 g/mol. The van der Waals surface area contributed by atoms with Gasteiger partial charge in [-0.2, -0.15) is 0 Å². The summed E-state index contributed by atoms with van der Waals surface area (Å²) in [5.74, 6) is 1.01. The van der Waals surface area contributed by atoms with Gasteiger partial charge in [-0.05, 0) is 48.7 Å². The molecule has 1 N–H and O–H groups in total. The number of amides is 2. The first kappa shape index (κ1) is 21.4. The number of fused-ring (bicyclic) bond motifs is 1. The molecule has 0 aliphatic carbocycles. The van der Waals surface area contributed by atoms with Crippen LogP contribution in [0.2, 0.25) is 0 Å². The Morgan fingerprint density at radius 1 is 0.906 bits per heavy atom. The van der Waals surface area contributed by atoms with E-state index in [9.17, 15) is 9.59 Å². The zero-order chi connectivity index (χ0) is 22.3. The van der Waals surface area contributed by atoms with Gasteiger partial charge in [-0.15, -0.1) is 0 Å². The van der Waals surface area contributed by atoms with Crippen LogP contribution in [0.5, 0.6) is 11.5 Å². The molecule has 0 saturated heterocycles. The molecule has 0 saturated carbocycles. The summed E-state index contributed by atoms with van der Waals surface area (Å²) in [5.41, 5.74) is 2.31. The maximum Gasteiger partial charge on any atom is 0.253 e. The Kier molecular flexibility index (Phi) is 6.70. The maximum atomic E-state index is 13.0. The lowest BCUT2D eigenvalue weighted by molar-refractivity contribution is 0.0723. The van der Waals surface area contributed by atoms with Crippen molar-refractivity contribution < 1.29 is 19.1 Å². The third-order valence-corrected chi connectivity index (χ3v) is 5.60. The number of carbonyl (C=O) groups excluding carboxylic acids is 2. The summed E-state index contributed by atoms with van der Waals surface area (Å²) in [5, 5.41) is 2.97.